The Hall–Kier alpha value is -0.810. The van der Waals surface area contributed by atoms with Gasteiger partial charge in [0.05, 0.1) is 0 Å². The van der Waals surface area contributed by atoms with Gasteiger partial charge in [-0.3, -0.25) is 4.79 Å². The van der Waals surface area contributed by atoms with Crippen molar-refractivity contribution in [3.63, 3.8) is 0 Å². The van der Waals surface area contributed by atoms with E-state index in [1.807, 2.05) is 49.0 Å². The summed E-state index contributed by atoms with van der Waals surface area (Å²) in [5.41, 5.74) is 2.16. The molecule has 1 aliphatic rings. The van der Waals surface area contributed by atoms with Crippen molar-refractivity contribution in [1.29, 1.82) is 0 Å². The SMILES string of the molecule is CN(C)c1cccc(COC(=O)C2CSCCS2)c1. The summed E-state index contributed by atoms with van der Waals surface area (Å²) in [7, 11) is 4.00. The van der Waals surface area contributed by atoms with Gasteiger partial charge >= 0.3 is 5.97 Å². The van der Waals surface area contributed by atoms with Crippen LogP contribution in [0.25, 0.3) is 0 Å². The smallest absolute Gasteiger partial charge is 0.320 e. The number of benzene rings is 1. The summed E-state index contributed by atoms with van der Waals surface area (Å²) in [5.74, 6) is 2.98. The lowest BCUT2D eigenvalue weighted by Crippen LogP contribution is -2.26. The number of carbonyl (C=O) groups is 1. The van der Waals surface area contributed by atoms with Gasteiger partial charge < -0.3 is 9.64 Å². The van der Waals surface area contributed by atoms with Gasteiger partial charge in [-0.15, -0.1) is 11.8 Å². The molecule has 2 rings (SSSR count). The summed E-state index contributed by atoms with van der Waals surface area (Å²) in [6.07, 6.45) is 0. The highest BCUT2D eigenvalue weighted by atomic mass is 32.2. The fourth-order valence-electron chi connectivity index (χ4n) is 1.80. The minimum atomic E-state index is -0.0764. The largest absolute Gasteiger partial charge is 0.460 e. The molecule has 5 heteroatoms. The summed E-state index contributed by atoms with van der Waals surface area (Å²) < 4.78 is 5.41. The van der Waals surface area contributed by atoms with Crippen LogP contribution in [0.15, 0.2) is 24.3 Å². The van der Waals surface area contributed by atoms with Crippen LogP contribution in [0.1, 0.15) is 5.56 Å². The molecule has 0 bridgehead atoms. The predicted octanol–water partition coefficient (Wildman–Crippen LogP) is 2.64. The molecule has 1 fully saturated rings. The topological polar surface area (TPSA) is 29.5 Å². The predicted molar refractivity (Wildman–Crippen MR) is 84.1 cm³/mol. The zero-order valence-corrected chi connectivity index (χ0v) is 12.9. The van der Waals surface area contributed by atoms with E-state index >= 15 is 0 Å². The number of ether oxygens (including phenoxy) is 1. The molecule has 0 spiro atoms. The molecule has 1 unspecified atom stereocenters. The second-order valence-electron chi connectivity index (χ2n) is 4.61. The molecule has 1 saturated heterocycles. The number of thioether (sulfide) groups is 2. The maximum absolute atomic E-state index is 11.9. The molecule has 1 heterocycles. The van der Waals surface area contributed by atoms with Gasteiger partial charge in [-0.25, -0.2) is 0 Å². The molecule has 0 aromatic heterocycles. The standard InChI is InChI=1S/C14H19NO2S2/c1-15(2)12-5-3-4-11(8-12)9-17-14(16)13-10-18-6-7-19-13/h3-5,8,13H,6-7,9-10H2,1-2H3. The Morgan fingerprint density at radius 2 is 2.26 bits per heavy atom. The van der Waals surface area contributed by atoms with E-state index < -0.39 is 0 Å². The molecule has 104 valence electrons. The highest BCUT2D eigenvalue weighted by Gasteiger charge is 2.23. The lowest BCUT2D eigenvalue weighted by Gasteiger charge is -2.19. The third-order valence-electron chi connectivity index (χ3n) is 2.89. The first-order valence-electron chi connectivity index (χ1n) is 6.29. The molecule has 19 heavy (non-hydrogen) atoms. The summed E-state index contributed by atoms with van der Waals surface area (Å²) >= 11 is 3.54. The lowest BCUT2D eigenvalue weighted by atomic mass is 10.2. The highest BCUT2D eigenvalue weighted by Crippen LogP contribution is 2.25. The van der Waals surface area contributed by atoms with E-state index in [1.165, 1.54) is 0 Å². The zero-order chi connectivity index (χ0) is 13.7. The first-order chi connectivity index (χ1) is 9.16. The van der Waals surface area contributed by atoms with Gasteiger partial charge in [0.1, 0.15) is 11.9 Å². The number of esters is 1. The van der Waals surface area contributed by atoms with Crippen molar-refractivity contribution in [2.75, 3.05) is 36.3 Å². The average molecular weight is 297 g/mol. The van der Waals surface area contributed by atoms with E-state index in [-0.39, 0.29) is 11.2 Å². The van der Waals surface area contributed by atoms with Crippen LogP contribution in [-0.2, 0) is 16.1 Å². The van der Waals surface area contributed by atoms with Crippen molar-refractivity contribution >= 4 is 35.2 Å². The molecule has 1 atom stereocenters. The first kappa shape index (κ1) is 14.6. The number of nitrogens with zero attached hydrogens (tertiary/aromatic N) is 1. The minimum Gasteiger partial charge on any atom is -0.460 e. The Morgan fingerprint density at radius 1 is 1.42 bits per heavy atom. The van der Waals surface area contributed by atoms with E-state index in [0.717, 1.165) is 28.5 Å². The van der Waals surface area contributed by atoms with Crippen LogP contribution >= 0.6 is 23.5 Å². The highest BCUT2D eigenvalue weighted by molar-refractivity contribution is 8.07. The molecule has 3 nitrogen and oxygen atoms in total. The van der Waals surface area contributed by atoms with E-state index in [9.17, 15) is 4.79 Å². The molecule has 1 aromatic rings. The first-order valence-corrected chi connectivity index (χ1v) is 8.49. The van der Waals surface area contributed by atoms with Gasteiger partial charge in [0.15, 0.2) is 0 Å². The van der Waals surface area contributed by atoms with Gasteiger partial charge in [0.25, 0.3) is 0 Å². The van der Waals surface area contributed by atoms with Crippen LogP contribution in [0.5, 0.6) is 0 Å². The van der Waals surface area contributed by atoms with Crippen molar-refractivity contribution in [3.05, 3.63) is 29.8 Å². The molecule has 1 aromatic carbocycles. The van der Waals surface area contributed by atoms with Gasteiger partial charge in [-0.1, -0.05) is 12.1 Å². The van der Waals surface area contributed by atoms with Crippen molar-refractivity contribution in [3.8, 4) is 0 Å². The maximum atomic E-state index is 11.9. The maximum Gasteiger partial charge on any atom is 0.320 e. The minimum absolute atomic E-state index is 0.00998. The van der Waals surface area contributed by atoms with Crippen molar-refractivity contribution in [2.45, 2.75) is 11.9 Å². The second-order valence-corrected chi connectivity index (χ2v) is 7.07. The number of rotatable bonds is 4. The summed E-state index contributed by atoms with van der Waals surface area (Å²) in [6, 6.07) is 8.07. The van der Waals surface area contributed by atoms with Crippen molar-refractivity contribution < 1.29 is 9.53 Å². The Morgan fingerprint density at radius 3 is 2.95 bits per heavy atom. The van der Waals surface area contributed by atoms with E-state index in [1.54, 1.807) is 11.8 Å². The van der Waals surface area contributed by atoms with Gasteiger partial charge in [0.2, 0.25) is 0 Å². The lowest BCUT2D eigenvalue weighted by molar-refractivity contribution is -0.143. The van der Waals surface area contributed by atoms with Gasteiger partial charge in [0, 0.05) is 37.0 Å². The third-order valence-corrected chi connectivity index (χ3v) is 5.62. The second kappa shape index (κ2) is 7.10. The normalized spacial score (nSPS) is 18.9. The Kier molecular flexibility index (Phi) is 5.45. The summed E-state index contributed by atoms with van der Waals surface area (Å²) in [5, 5.41) is 0.00998. The molecule has 0 saturated carbocycles. The monoisotopic (exact) mass is 297 g/mol. The number of carbonyl (C=O) groups excluding carboxylic acids is 1. The number of anilines is 1. The molecule has 0 N–H and O–H groups in total. The average Bonchev–Trinajstić information content (AvgIpc) is 2.46. The Labute approximate surface area is 123 Å². The van der Waals surface area contributed by atoms with Crippen molar-refractivity contribution in [2.24, 2.45) is 0 Å². The Bertz CT molecular complexity index is 431. The number of hydrogen-bond donors (Lipinski definition) is 0. The van der Waals surface area contributed by atoms with Crippen LogP contribution < -0.4 is 4.90 Å². The molecule has 0 amide bonds. The van der Waals surface area contributed by atoms with Crippen LogP contribution in [0.2, 0.25) is 0 Å². The third kappa shape index (κ3) is 4.35. The summed E-state index contributed by atoms with van der Waals surface area (Å²) in [4.78, 5) is 14.0. The number of hydrogen-bond acceptors (Lipinski definition) is 5. The molecular formula is C14H19NO2S2. The fraction of sp³-hybridized carbons (Fsp3) is 0.500. The van der Waals surface area contributed by atoms with Crippen LogP contribution in [0.3, 0.4) is 0 Å². The molecular weight excluding hydrogens is 278 g/mol. The zero-order valence-electron chi connectivity index (χ0n) is 11.3. The Balaban J connectivity index is 1.87. The molecule has 0 aliphatic carbocycles. The quantitative estimate of drug-likeness (QED) is 0.797. The van der Waals surface area contributed by atoms with Crippen LogP contribution in [0.4, 0.5) is 5.69 Å². The van der Waals surface area contributed by atoms with Gasteiger partial charge in [-0.2, -0.15) is 11.8 Å². The fourth-order valence-corrected chi connectivity index (χ4v) is 4.33. The molecule has 0 radical (unpaired) electrons. The van der Waals surface area contributed by atoms with Gasteiger partial charge in [-0.05, 0) is 17.7 Å². The van der Waals surface area contributed by atoms with E-state index in [4.69, 9.17) is 4.74 Å². The van der Waals surface area contributed by atoms with E-state index in [0.29, 0.717) is 6.61 Å². The molecule has 1 aliphatic heterocycles. The van der Waals surface area contributed by atoms with Crippen molar-refractivity contribution in [1.82, 2.24) is 0 Å². The summed E-state index contributed by atoms with van der Waals surface area (Å²) in [6.45, 7) is 0.363. The van der Waals surface area contributed by atoms with Crippen LogP contribution in [0, 0.1) is 0 Å². The van der Waals surface area contributed by atoms with Crippen LogP contribution in [-0.4, -0.2) is 42.6 Å². The van der Waals surface area contributed by atoms with E-state index in [2.05, 4.69) is 6.07 Å².